The number of carbonyl (C=O) groups excluding carboxylic acids is 1. The van der Waals surface area contributed by atoms with Crippen molar-refractivity contribution in [1.29, 1.82) is 0 Å². The summed E-state index contributed by atoms with van der Waals surface area (Å²) in [6.07, 6.45) is 0. The van der Waals surface area contributed by atoms with Gasteiger partial charge in [0.05, 0.1) is 11.8 Å². The van der Waals surface area contributed by atoms with E-state index < -0.39 is 11.6 Å². The van der Waals surface area contributed by atoms with Crippen molar-refractivity contribution in [2.75, 3.05) is 12.8 Å². The van der Waals surface area contributed by atoms with Crippen LogP contribution < -0.4 is 0 Å². The molecule has 0 fully saturated rings. The predicted molar refractivity (Wildman–Crippen MR) is 92.3 cm³/mol. The van der Waals surface area contributed by atoms with E-state index in [9.17, 15) is 13.6 Å². The monoisotopic (exact) mass is 362 g/mol. The molecule has 25 heavy (non-hydrogen) atoms. The molecule has 1 aromatic heterocycles. The molecule has 0 aliphatic carbocycles. The third-order valence-corrected chi connectivity index (χ3v) is 4.81. The summed E-state index contributed by atoms with van der Waals surface area (Å²) in [4.78, 5) is 18.2. The summed E-state index contributed by atoms with van der Waals surface area (Å²) in [5, 5.41) is 0.420. The van der Waals surface area contributed by atoms with Gasteiger partial charge in [0.1, 0.15) is 5.52 Å². The number of hydrogen-bond donors (Lipinski definition) is 0. The molecule has 0 spiro atoms. The number of halogens is 2. The lowest BCUT2D eigenvalue weighted by atomic mass is 10.1. The summed E-state index contributed by atoms with van der Waals surface area (Å²) in [5.74, 6) is -1.86. The van der Waals surface area contributed by atoms with Gasteiger partial charge in [-0.05, 0) is 36.8 Å². The summed E-state index contributed by atoms with van der Waals surface area (Å²) in [7, 11) is 1.63. The second-order valence-electron chi connectivity index (χ2n) is 5.59. The lowest BCUT2D eigenvalue weighted by Crippen LogP contribution is -2.31. The molecule has 7 heteroatoms. The molecule has 1 unspecified atom stereocenters. The standard InChI is InChI=1S/C18H16F2N2O2S/c1-11(12-7-8-13(19)14(20)9-12)22(2)17(23)10-25-18-21-15-5-3-4-6-16(15)24-18/h3-9,11H,10H2,1-2H3. The van der Waals surface area contributed by atoms with E-state index in [-0.39, 0.29) is 17.7 Å². The summed E-state index contributed by atoms with van der Waals surface area (Å²) in [6, 6.07) is 10.6. The molecule has 0 aliphatic rings. The van der Waals surface area contributed by atoms with Crippen molar-refractivity contribution in [2.45, 2.75) is 18.2 Å². The number of thioether (sulfide) groups is 1. The fourth-order valence-corrected chi connectivity index (χ4v) is 3.11. The van der Waals surface area contributed by atoms with Crippen LogP contribution in [0.25, 0.3) is 11.1 Å². The Labute approximate surface area is 147 Å². The van der Waals surface area contributed by atoms with E-state index in [1.807, 2.05) is 24.3 Å². The minimum Gasteiger partial charge on any atom is -0.431 e. The Kier molecular flexibility index (Phi) is 5.03. The fourth-order valence-electron chi connectivity index (χ4n) is 2.35. The van der Waals surface area contributed by atoms with Crippen molar-refractivity contribution in [3.8, 4) is 0 Å². The van der Waals surface area contributed by atoms with Crippen molar-refractivity contribution in [2.24, 2.45) is 0 Å². The first-order valence-electron chi connectivity index (χ1n) is 7.64. The van der Waals surface area contributed by atoms with Gasteiger partial charge in [-0.3, -0.25) is 4.79 Å². The van der Waals surface area contributed by atoms with Crippen LogP contribution in [0.1, 0.15) is 18.5 Å². The topological polar surface area (TPSA) is 46.3 Å². The second kappa shape index (κ2) is 7.23. The number of rotatable bonds is 5. The third kappa shape index (κ3) is 3.82. The van der Waals surface area contributed by atoms with Crippen LogP contribution in [-0.4, -0.2) is 28.6 Å². The first-order valence-corrected chi connectivity index (χ1v) is 8.63. The lowest BCUT2D eigenvalue weighted by Gasteiger charge is -2.25. The SMILES string of the molecule is CC(c1ccc(F)c(F)c1)N(C)C(=O)CSc1nc2ccccc2o1. The van der Waals surface area contributed by atoms with Crippen LogP contribution in [0.15, 0.2) is 52.1 Å². The van der Waals surface area contributed by atoms with Gasteiger partial charge < -0.3 is 9.32 Å². The molecule has 1 amide bonds. The molecule has 0 aliphatic heterocycles. The summed E-state index contributed by atoms with van der Waals surface area (Å²) in [6.45, 7) is 1.76. The maximum atomic E-state index is 13.4. The number of aromatic nitrogens is 1. The number of nitrogens with zero attached hydrogens (tertiary/aromatic N) is 2. The van der Waals surface area contributed by atoms with E-state index >= 15 is 0 Å². The van der Waals surface area contributed by atoms with Crippen LogP contribution in [0, 0.1) is 11.6 Å². The van der Waals surface area contributed by atoms with Gasteiger partial charge in [-0.2, -0.15) is 0 Å². The highest BCUT2D eigenvalue weighted by Gasteiger charge is 2.19. The Morgan fingerprint density at radius 2 is 2.00 bits per heavy atom. The maximum absolute atomic E-state index is 13.4. The highest BCUT2D eigenvalue weighted by Crippen LogP contribution is 2.25. The molecule has 1 heterocycles. The molecule has 0 saturated heterocycles. The molecule has 3 rings (SSSR count). The Bertz CT molecular complexity index is 880. The highest BCUT2D eigenvalue weighted by atomic mass is 32.2. The van der Waals surface area contributed by atoms with E-state index in [1.54, 1.807) is 14.0 Å². The van der Waals surface area contributed by atoms with Gasteiger partial charge in [0.15, 0.2) is 17.2 Å². The van der Waals surface area contributed by atoms with Crippen molar-refractivity contribution >= 4 is 28.8 Å². The van der Waals surface area contributed by atoms with Gasteiger partial charge in [0.25, 0.3) is 5.22 Å². The quantitative estimate of drug-likeness (QED) is 0.631. The number of carbonyl (C=O) groups is 1. The summed E-state index contributed by atoms with van der Waals surface area (Å²) in [5.41, 5.74) is 1.93. The fraction of sp³-hybridized carbons (Fsp3) is 0.222. The molecule has 0 bridgehead atoms. The molecule has 0 saturated carbocycles. The first kappa shape index (κ1) is 17.4. The molecule has 2 aromatic carbocycles. The Morgan fingerprint density at radius 1 is 1.24 bits per heavy atom. The minimum atomic E-state index is -0.925. The van der Waals surface area contributed by atoms with E-state index in [1.165, 1.54) is 22.7 Å². The van der Waals surface area contributed by atoms with Crippen molar-refractivity contribution in [3.63, 3.8) is 0 Å². The van der Waals surface area contributed by atoms with Crippen molar-refractivity contribution in [3.05, 3.63) is 59.7 Å². The van der Waals surface area contributed by atoms with Gasteiger partial charge in [0.2, 0.25) is 5.91 Å². The van der Waals surface area contributed by atoms with Crippen molar-refractivity contribution < 1.29 is 18.0 Å². The summed E-state index contributed by atoms with van der Waals surface area (Å²) >= 11 is 1.20. The van der Waals surface area contributed by atoms with Gasteiger partial charge in [-0.1, -0.05) is 30.0 Å². The van der Waals surface area contributed by atoms with Gasteiger partial charge in [-0.25, -0.2) is 13.8 Å². The van der Waals surface area contributed by atoms with Gasteiger partial charge >= 0.3 is 0 Å². The Balaban J connectivity index is 1.64. The largest absolute Gasteiger partial charge is 0.431 e. The number of hydrogen-bond acceptors (Lipinski definition) is 4. The van der Waals surface area contributed by atoms with E-state index in [0.29, 0.717) is 16.4 Å². The van der Waals surface area contributed by atoms with E-state index in [0.717, 1.165) is 17.6 Å². The average Bonchev–Trinajstić information content (AvgIpc) is 3.03. The molecule has 1 atom stereocenters. The first-order chi connectivity index (χ1) is 12.0. The number of para-hydroxylation sites is 2. The lowest BCUT2D eigenvalue weighted by molar-refractivity contribution is -0.128. The second-order valence-corrected chi connectivity index (χ2v) is 6.52. The zero-order valence-electron chi connectivity index (χ0n) is 13.7. The maximum Gasteiger partial charge on any atom is 0.257 e. The smallest absolute Gasteiger partial charge is 0.257 e. The number of benzene rings is 2. The van der Waals surface area contributed by atoms with Crippen LogP contribution in [-0.2, 0) is 4.79 Å². The predicted octanol–water partition coefficient (Wildman–Crippen LogP) is 4.42. The van der Waals surface area contributed by atoms with Crippen molar-refractivity contribution in [1.82, 2.24) is 9.88 Å². The van der Waals surface area contributed by atoms with Crippen LogP contribution in [0.4, 0.5) is 8.78 Å². The highest BCUT2D eigenvalue weighted by molar-refractivity contribution is 7.99. The zero-order valence-corrected chi connectivity index (χ0v) is 14.5. The van der Waals surface area contributed by atoms with Gasteiger partial charge in [-0.15, -0.1) is 0 Å². The summed E-state index contributed by atoms with van der Waals surface area (Å²) < 4.78 is 32.0. The number of oxazole rings is 1. The number of fused-ring (bicyclic) bond motifs is 1. The molecule has 0 N–H and O–H groups in total. The molecule has 0 radical (unpaired) electrons. The van der Waals surface area contributed by atoms with E-state index in [4.69, 9.17) is 4.42 Å². The average molecular weight is 362 g/mol. The van der Waals surface area contributed by atoms with E-state index in [2.05, 4.69) is 4.98 Å². The van der Waals surface area contributed by atoms with Crippen LogP contribution in [0.3, 0.4) is 0 Å². The normalized spacial score (nSPS) is 12.3. The molecular formula is C18H16F2N2O2S. The van der Waals surface area contributed by atoms with Gasteiger partial charge in [0, 0.05) is 7.05 Å². The third-order valence-electron chi connectivity index (χ3n) is 3.99. The Hall–Kier alpha value is -2.41. The molecule has 3 aromatic rings. The Morgan fingerprint density at radius 3 is 2.72 bits per heavy atom. The number of amides is 1. The molecule has 4 nitrogen and oxygen atoms in total. The molecular weight excluding hydrogens is 346 g/mol. The van der Waals surface area contributed by atoms with Crippen LogP contribution >= 0.6 is 11.8 Å². The molecule has 130 valence electrons. The van der Waals surface area contributed by atoms with Crippen LogP contribution in [0.5, 0.6) is 0 Å². The minimum absolute atomic E-state index is 0.136. The van der Waals surface area contributed by atoms with Crippen LogP contribution in [0.2, 0.25) is 0 Å². The zero-order chi connectivity index (χ0) is 18.0.